The summed E-state index contributed by atoms with van der Waals surface area (Å²) in [7, 11) is 5.40. The van der Waals surface area contributed by atoms with Crippen molar-refractivity contribution in [3.63, 3.8) is 0 Å². The van der Waals surface area contributed by atoms with E-state index < -0.39 is 12.1 Å². The zero-order valence-corrected chi connectivity index (χ0v) is 21.2. The molecular formula is C26H30O6P2. The molecule has 180 valence electrons. The van der Waals surface area contributed by atoms with Crippen molar-refractivity contribution in [1.29, 1.82) is 0 Å². The van der Waals surface area contributed by atoms with E-state index in [1.807, 2.05) is 36.4 Å². The lowest BCUT2D eigenvalue weighted by Gasteiger charge is -2.16. The quantitative estimate of drug-likeness (QED) is 0.122. The summed E-state index contributed by atoms with van der Waals surface area (Å²) in [4.78, 5) is 23.1. The van der Waals surface area contributed by atoms with Crippen molar-refractivity contribution >= 4 is 36.6 Å². The largest absolute Gasteiger partial charge is 0.454 e. The van der Waals surface area contributed by atoms with Crippen LogP contribution in [0.15, 0.2) is 60.7 Å². The minimum Gasteiger partial charge on any atom is -0.454 e. The summed E-state index contributed by atoms with van der Waals surface area (Å²) in [6, 6.07) is 16.3. The minimum absolute atomic E-state index is 0.268. The summed E-state index contributed by atoms with van der Waals surface area (Å²) >= 11 is 0. The van der Waals surface area contributed by atoms with Crippen molar-refractivity contribution in [2.75, 3.05) is 19.8 Å². The maximum absolute atomic E-state index is 12.3. The molecule has 6 nitrogen and oxygen atoms in total. The molecule has 0 aromatic heterocycles. The van der Waals surface area contributed by atoms with Gasteiger partial charge in [-0.05, 0) is 40.7 Å². The van der Waals surface area contributed by atoms with E-state index in [9.17, 15) is 4.79 Å². The van der Waals surface area contributed by atoms with Crippen LogP contribution in [0, 0.1) is 0 Å². The lowest BCUT2D eigenvalue weighted by Crippen LogP contribution is -2.34. The molecule has 2 saturated heterocycles. The fourth-order valence-electron chi connectivity index (χ4n) is 3.85. The molecule has 2 aromatic rings. The van der Waals surface area contributed by atoms with E-state index in [4.69, 9.17) is 24.0 Å². The zero-order valence-electron chi connectivity index (χ0n) is 18.9. The first-order valence-corrected chi connectivity index (χ1v) is 12.9. The first-order chi connectivity index (χ1) is 16.7. The number of ether oxygens (including phenoxy) is 3. The molecule has 0 amide bonds. The molecule has 2 aliphatic heterocycles. The summed E-state index contributed by atoms with van der Waals surface area (Å²) in [6.45, 7) is 0.895. The van der Waals surface area contributed by atoms with Gasteiger partial charge in [0.15, 0.2) is 6.10 Å². The van der Waals surface area contributed by atoms with Crippen molar-refractivity contribution in [3.8, 4) is 0 Å². The Morgan fingerprint density at radius 2 is 1.41 bits per heavy atom. The molecule has 2 heterocycles. The molecule has 0 N–H and O–H groups in total. The predicted octanol–water partition coefficient (Wildman–Crippen LogP) is 4.19. The lowest BCUT2D eigenvalue weighted by atomic mass is 10.1. The third kappa shape index (κ3) is 6.82. The Morgan fingerprint density at radius 3 is 2.03 bits per heavy atom. The van der Waals surface area contributed by atoms with Crippen molar-refractivity contribution in [2.45, 2.75) is 36.7 Å². The summed E-state index contributed by atoms with van der Waals surface area (Å²) < 4.78 is 17.1. The maximum atomic E-state index is 12.3. The number of carbonyl (C=O) groups excluding carboxylic acids is 1. The van der Waals surface area contributed by atoms with Crippen LogP contribution in [-0.2, 0) is 41.1 Å². The molecule has 0 radical (unpaired) electrons. The van der Waals surface area contributed by atoms with Crippen molar-refractivity contribution < 1.29 is 28.8 Å². The molecule has 6 atom stereocenters. The van der Waals surface area contributed by atoms with Gasteiger partial charge in [0, 0.05) is 6.08 Å². The van der Waals surface area contributed by atoms with Gasteiger partial charge in [-0.2, -0.15) is 0 Å². The van der Waals surface area contributed by atoms with Crippen LogP contribution in [0.3, 0.4) is 0 Å². The Bertz CT molecular complexity index is 989. The topological polar surface area (TPSA) is 63.2 Å². The third-order valence-corrected chi connectivity index (χ3v) is 6.68. The number of esters is 1. The smallest absolute Gasteiger partial charge is 0.331 e. The van der Waals surface area contributed by atoms with E-state index >= 15 is 0 Å². The Hall–Kier alpha value is -1.91. The maximum Gasteiger partial charge on any atom is 0.331 e. The van der Waals surface area contributed by atoms with Gasteiger partial charge >= 0.3 is 5.97 Å². The summed E-state index contributed by atoms with van der Waals surface area (Å²) in [5, 5.41) is 0. The molecule has 2 aromatic carbocycles. The Balaban J connectivity index is 1.18. The monoisotopic (exact) mass is 500 g/mol. The molecule has 34 heavy (non-hydrogen) atoms. The molecule has 4 unspecified atom stereocenters. The molecule has 0 saturated carbocycles. The number of benzene rings is 2. The number of fused-ring (bicyclic) bond motifs is 1. The van der Waals surface area contributed by atoms with Crippen LogP contribution in [0.25, 0.3) is 12.2 Å². The first kappa shape index (κ1) is 25.2. The summed E-state index contributed by atoms with van der Waals surface area (Å²) in [6.07, 6.45) is 7.35. The molecule has 2 fully saturated rings. The van der Waals surface area contributed by atoms with Crippen molar-refractivity contribution in [3.05, 3.63) is 82.9 Å². The van der Waals surface area contributed by atoms with Crippen molar-refractivity contribution in [1.82, 2.24) is 0 Å². The van der Waals surface area contributed by atoms with E-state index in [0.717, 1.165) is 23.5 Å². The average Bonchev–Trinajstić information content (AvgIpc) is 3.46. The average molecular weight is 500 g/mol. The number of hydrogen-bond donors (Lipinski definition) is 0. The van der Waals surface area contributed by atoms with Crippen LogP contribution in [0.4, 0.5) is 0 Å². The molecule has 8 heteroatoms. The van der Waals surface area contributed by atoms with Gasteiger partial charge in [-0.15, -0.1) is 18.5 Å². The highest BCUT2D eigenvalue weighted by atomic mass is 31.0. The lowest BCUT2D eigenvalue weighted by molar-refractivity contribution is -0.326. The highest BCUT2D eigenvalue weighted by Gasteiger charge is 2.50. The Kier molecular flexibility index (Phi) is 9.41. The van der Waals surface area contributed by atoms with Gasteiger partial charge in [0.1, 0.15) is 24.9 Å². The predicted molar refractivity (Wildman–Crippen MR) is 138 cm³/mol. The van der Waals surface area contributed by atoms with Gasteiger partial charge in [0.05, 0.1) is 13.2 Å². The van der Waals surface area contributed by atoms with Gasteiger partial charge in [-0.1, -0.05) is 60.7 Å². The van der Waals surface area contributed by atoms with Crippen LogP contribution < -0.4 is 0 Å². The van der Waals surface area contributed by atoms with Crippen molar-refractivity contribution in [2.24, 2.45) is 0 Å². The first-order valence-electron chi connectivity index (χ1n) is 11.3. The molecule has 2 aliphatic rings. The van der Waals surface area contributed by atoms with E-state index in [-0.39, 0.29) is 24.9 Å². The molecule has 4 rings (SSSR count). The van der Waals surface area contributed by atoms with Gasteiger partial charge in [0.2, 0.25) is 0 Å². The SMILES string of the molecule is O=C(/C=C\c1ccc(CP)cc1)OC1CO[C@@H]2C(OOC/C=C/c3ccc(CP)cc3)CO[C@H]12. The summed E-state index contributed by atoms with van der Waals surface area (Å²) in [5.74, 6) is -0.426. The second-order valence-electron chi connectivity index (χ2n) is 8.12. The highest BCUT2D eigenvalue weighted by molar-refractivity contribution is 7.15. The fourth-order valence-corrected chi connectivity index (χ4v) is 4.39. The standard InChI is InChI=1S/C26H30O6P2/c27-24(12-11-19-5-9-21(17-34)10-6-19)31-22-14-28-26-23(15-29-25(22)26)32-30-13-1-2-18-3-7-20(16-33)8-4-18/h1-12,22-23,25-26H,13-17,33-34H2/b2-1+,12-11-/t22?,23?,25-,26-/m1/s1. The van der Waals surface area contributed by atoms with E-state index in [0.29, 0.717) is 13.2 Å². The van der Waals surface area contributed by atoms with E-state index in [1.165, 1.54) is 17.2 Å². The van der Waals surface area contributed by atoms with Gasteiger partial charge < -0.3 is 14.2 Å². The Labute approximate surface area is 205 Å². The number of hydrogen-bond acceptors (Lipinski definition) is 6. The van der Waals surface area contributed by atoms with Crippen LogP contribution in [0.5, 0.6) is 0 Å². The third-order valence-electron chi connectivity index (χ3n) is 5.74. The van der Waals surface area contributed by atoms with Gasteiger partial charge in [-0.3, -0.25) is 0 Å². The fraction of sp³-hybridized carbons (Fsp3) is 0.346. The molecular weight excluding hydrogens is 470 g/mol. The molecule has 0 bridgehead atoms. The summed E-state index contributed by atoms with van der Waals surface area (Å²) in [5.41, 5.74) is 4.53. The minimum atomic E-state index is -0.473. The van der Waals surface area contributed by atoms with Crippen LogP contribution >= 0.6 is 18.5 Å². The second-order valence-corrected chi connectivity index (χ2v) is 8.93. The van der Waals surface area contributed by atoms with Gasteiger partial charge in [-0.25, -0.2) is 14.6 Å². The second kappa shape index (κ2) is 12.7. The van der Waals surface area contributed by atoms with Crippen LogP contribution in [0.1, 0.15) is 22.3 Å². The van der Waals surface area contributed by atoms with Crippen LogP contribution in [-0.4, -0.2) is 50.2 Å². The molecule has 0 spiro atoms. The highest BCUT2D eigenvalue weighted by Crippen LogP contribution is 2.30. The van der Waals surface area contributed by atoms with Crippen LogP contribution in [0.2, 0.25) is 0 Å². The van der Waals surface area contributed by atoms with Gasteiger partial charge in [0.25, 0.3) is 0 Å². The van der Waals surface area contributed by atoms with E-state index in [1.54, 1.807) is 6.08 Å². The number of rotatable bonds is 10. The van der Waals surface area contributed by atoms with E-state index in [2.05, 4.69) is 42.7 Å². The molecule has 0 aliphatic carbocycles. The Morgan fingerprint density at radius 1 is 0.853 bits per heavy atom. The zero-order chi connectivity index (χ0) is 23.8. The number of carbonyl (C=O) groups is 1. The normalized spacial score (nSPS) is 24.2.